The largest absolute Gasteiger partial charge is 0.373 e. The molecule has 2 aliphatic heterocycles. The molecule has 2 aromatic carbocycles. The third kappa shape index (κ3) is 2.32. The molecule has 2 saturated heterocycles. The first-order valence-corrected chi connectivity index (χ1v) is 10.8. The van der Waals surface area contributed by atoms with Gasteiger partial charge in [0.05, 0.1) is 22.6 Å². The molecule has 3 heterocycles. The Morgan fingerprint density at radius 3 is 2.57 bits per heavy atom. The summed E-state index contributed by atoms with van der Waals surface area (Å²) in [6.07, 6.45) is 6.49. The quantitative estimate of drug-likeness (QED) is 0.633. The summed E-state index contributed by atoms with van der Waals surface area (Å²) in [5, 5.41) is 3.77. The fraction of sp³-hybridized carbons (Fsp3) is 0.280. The molecule has 1 aromatic heterocycles. The highest BCUT2D eigenvalue weighted by molar-refractivity contribution is 6.33. The van der Waals surface area contributed by atoms with E-state index in [4.69, 9.17) is 16.3 Å². The summed E-state index contributed by atoms with van der Waals surface area (Å²) in [5.41, 5.74) is 3.17. The van der Waals surface area contributed by atoms with Gasteiger partial charge in [-0.1, -0.05) is 48.0 Å². The lowest BCUT2D eigenvalue weighted by Gasteiger charge is -2.26. The molecule has 1 N–H and O–H groups in total. The van der Waals surface area contributed by atoms with Gasteiger partial charge in [0.1, 0.15) is 0 Å². The van der Waals surface area contributed by atoms with E-state index >= 15 is 0 Å². The number of fused-ring (bicyclic) bond motifs is 5. The van der Waals surface area contributed by atoms with Crippen LogP contribution in [-0.2, 0) is 14.9 Å². The number of hydrogen-bond donors (Lipinski definition) is 1. The molecule has 3 aliphatic rings. The first-order chi connectivity index (χ1) is 14.6. The average Bonchev–Trinajstić information content (AvgIpc) is 3.19. The number of benzene rings is 2. The highest BCUT2D eigenvalue weighted by atomic mass is 35.5. The van der Waals surface area contributed by atoms with E-state index in [-0.39, 0.29) is 23.5 Å². The van der Waals surface area contributed by atoms with E-state index < -0.39 is 5.41 Å². The lowest BCUT2D eigenvalue weighted by molar-refractivity contribution is -0.124. The van der Waals surface area contributed by atoms with Crippen molar-refractivity contribution in [3.63, 3.8) is 0 Å². The minimum Gasteiger partial charge on any atom is -0.373 e. The van der Waals surface area contributed by atoms with Crippen molar-refractivity contribution in [1.29, 1.82) is 0 Å². The van der Waals surface area contributed by atoms with Crippen LogP contribution < -0.4 is 5.32 Å². The Balaban J connectivity index is 1.30. The second-order valence-corrected chi connectivity index (χ2v) is 8.97. The number of carbonyl (C=O) groups is 1. The minimum atomic E-state index is -0.498. The van der Waals surface area contributed by atoms with Gasteiger partial charge in [0, 0.05) is 29.1 Å². The van der Waals surface area contributed by atoms with Crippen molar-refractivity contribution in [2.45, 2.75) is 36.9 Å². The van der Waals surface area contributed by atoms with Crippen LogP contribution in [0.5, 0.6) is 0 Å². The molecule has 30 heavy (non-hydrogen) atoms. The third-order valence-electron chi connectivity index (χ3n) is 7.26. The highest BCUT2D eigenvalue weighted by Crippen LogP contribution is 2.77. The second kappa shape index (κ2) is 6.40. The molecular weight excluding hydrogens is 396 g/mol. The van der Waals surface area contributed by atoms with Gasteiger partial charge in [-0.05, 0) is 54.7 Å². The van der Waals surface area contributed by atoms with Crippen molar-refractivity contribution in [1.82, 2.24) is 4.98 Å². The van der Waals surface area contributed by atoms with Crippen molar-refractivity contribution >= 4 is 23.2 Å². The zero-order valence-electron chi connectivity index (χ0n) is 16.3. The van der Waals surface area contributed by atoms with Crippen LogP contribution in [0.15, 0.2) is 73.1 Å². The number of hydrogen-bond acceptors (Lipinski definition) is 3. The molecule has 4 nitrogen and oxygen atoms in total. The summed E-state index contributed by atoms with van der Waals surface area (Å²) < 4.78 is 6.25. The predicted molar refractivity (Wildman–Crippen MR) is 116 cm³/mol. The molecular formula is C25H21ClN2O2. The Bertz CT molecular complexity index is 1140. The van der Waals surface area contributed by atoms with Crippen molar-refractivity contribution in [3.8, 4) is 11.1 Å². The van der Waals surface area contributed by atoms with Crippen LogP contribution in [0.2, 0.25) is 5.02 Å². The maximum absolute atomic E-state index is 13.6. The number of carbonyl (C=O) groups excluding carboxylic acids is 1. The molecule has 5 heteroatoms. The van der Waals surface area contributed by atoms with Crippen LogP contribution in [0.4, 0.5) is 5.69 Å². The second-order valence-electron chi connectivity index (χ2n) is 8.56. The van der Waals surface area contributed by atoms with Gasteiger partial charge >= 0.3 is 0 Å². The minimum absolute atomic E-state index is 0.0188. The number of halogens is 1. The van der Waals surface area contributed by atoms with Crippen molar-refractivity contribution in [2.75, 3.05) is 5.32 Å². The van der Waals surface area contributed by atoms with Crippen molar-refractivity contribution in [3.05, 3.63) is 83.6 Å². The zero-order chi connectivity index (χ0) is 20.3. The molecule has 6 rings (SSSR count). The molecule has 3 fully saturated rings. The SMILES string of the molecule is O=C(Nc1ccc(-c2ccccc2)c(Cl)c1)C12CC1(c1ccncc1)C1CCC2O1. The molecule has 0 spiro atoms. The zero-order valence-corrected chi connectivity index (χ0v) is 17.1. The fourth-order valence-corrected chi connectivity index (χ4v) is 6.16. The lowest BCUT2D eigenvalue weighted by Crippen LogP contribution is -2.39. The summed E-state index contributed by atoms with van der Waals surface area (Å²) in [5.74, 6) is 0.0371. The Morgan fingerprint density at radius 1 is 1.03 bits per heavy atom. The molecule has 3 aromatic rings. The maximum Gasteiger partial charge on any atom is 0.234 e. The number of amides is 1. The summed E-state index contributed by atoms with van der Waals surface area (Å²) in [6.45, 7) is 0. The number of pyridine rings is 1. The lowest BCUT2D eigenvalue weighted by atomic mass is 9.75. The Hall–Kier alpha value is -2.69. The Labute approximate surface area is 180 Å². The van der Waals surface area contributed by atoms with Crippen molar-refractivity contribution in [2.24, 2.45) is 5.41 Å². The Morgan fingerprint density at radius 2 is 1.80 bits per heavy atom. The number of anilines is 1. The molecule has 2 bridgehead atoms. The monoisotopic (exact) mass is 416 g/mol. The van der Waals surface area contributed by atoms with Gasteiger partial charge in [0.15, 0.2) is 0 Å². The number of nitrogens with one attached hydrogen (secondary N) is 1. The van der Waals surface area contributed by atoms with Crippen LogP contribution in [0, 0.1) is 5.41 Å². The van der Waals surface area contributed by atoms with E-state index in [1.54, 1.807) is 12.4 Å². The number of aromatic nitrogens is 1. The Kier molecular flexibility index (Phi) is 3.86. The topological polar surface area (TPSA) is 51.2 Å². The van der Waals surface area contributed by atoms with Gasteiger partial charge in [-0.2, -0.15) is 0 Å². The number of ether oxygens (including phenoxy) is 1. The molecule has 150 valence electrons. The maximum atomic E-state index is 13.6. The van der Waals surface area contributed by atoms with E-state index in [2.05, 4.69) is 10.3 Å². The first kappa shape index (κ1) is 18.1. The van der Waals surface area contributed by atoms with Crippen LogP contribution in [0.25, 0.3) is 11.1 Å². The van der Waals surface area contributed by atoms with E-state index in [1.165, 1.54) is 0 Å². The summed E-state index contributed by atoms with van der Waals surface area (Å²) in [6, 6.07) is 19.8. The van der Waals surface area contributed by atoms with E-state index in [9.17, 15) is 4.79 Å². The smallest absolute Gasteiger partial charge is 0.234 e. The van der Waals surface area contributed by atoms with Crippen molar-refractivity contribution < 1.29 is 9.53 Å². The summed E-state index contributed by atoms with van der Waals surface area (Å²) in [7, 11) is 0. The van der Waals surface area contributed by atoms with E-state index in [1.807, 2.05) is 60.7 Å². The first-order valence-electron chi connectivity index (χ1n) is 10.4. The van der Waals surface area contributed by atoms with Crippen LogP contribution in [-0.4, -0.2) is 23.1 Å². The molecule has 1 saturated carbocycles. The van der Waals surface area contributed by atoms with Gasteiger partial charge in [-0.3, -0.25) is 9.78 Å². The van der Waals surface area contributed by atoms with Gasteiger partial charge in [0.2, 0.25) is 5.91 Å². The van der Waals surface area contributed by atoms with Gasteiger partial charge < -0.3 is 10.1 Å². The summed E-state index contributed by atoms with van der Waals surface area (Å²) in [4.78, 5) is 17.7. The average molecular weight is 417 g/mol. The van der Waals surface area contributed by atoms with E-state index in [0.29, 0.717) is 5.02 Å². The molecule has 4 atom stereocenters. The normalized spacial score (nSPS) is 30.7. The van der Waals surface area contributed by atoms with Gasteiger partial charge in [-0.15, -0.1) is 0 Å². The van der Waals surface area contributed by atoms with E-state index in [0.717, 1.165) is 41.6 Å². The molecule has 0 radical (unpaired) electrons. The van der Waals surface area contributed by atoms with Crippen LogP contribution in [0.3, 0.4) is 0 Å². The van der Waals surface area contributed by atoms with Gasteiger partial charge in [-0.25, -0.2) is 0 Å². The predicted octanol–water partition coefficient (Wildman–Crippen LogP) is 5.23. The number of rotatable bonds is 4. The van der Waals surface area contributed by atoms with Gasteiger partial charge in [0.25, 0.3) is 0 Å². The molecule has 1 amide bonds. The standard InChI is InChI=1S/C25H21ClN2O2/c26-20-14-18(6-7-19(20)16-4-2-1-3-5-16)28-23(29)25-15-24(25,17-10-12-27-13-11-17)21-8-9-22(25)30-21/h1-7,10-14,21-22H,8-9,15H2,(H,28,29). The molecule has 1 aliphatic carbocycles. The fourth-order valence-electron chi connectivity index (χ4n) is 5.87. The van der Waals surface area contributed by atoms with Crippen LogP contribution >= 0.6 is 11.6 Å². The molecule has 4 unspecified atom stereocenters. The third-order valence-corrected chi connectivity index (χ3v) is 7.57. The highest BCUT2D eigenvalue weighted by Gasteiger charge is 2.85. The number of nitrogens with zero attached hydrogens (tertiary/aromatic N) is 1. The summed E-state index contributed by atoms with van der Waals surface area (Å²) >= 11 is 6.56. The van der Waals surface area contributed by atoms with Crippen LogP contribution in [0.1, 0.15) is 24.8 Å².